The van der Waals surface area contributed by atoms with Crippen LogP contribution in [0.25, 0.3) is 0 Å². The predicted octanol–water partition coefficient (Wildman–Crippen LogP) is 3.15. The van der Waals surface area contributed by atoms with E-state index in [0.29, 0.717) is 0 Å². The molecule has 86 valence electrons. The average Bonchev–Trinajstić information content (AvgIpc) is 2.95. The van der Waals surface area contributed by atoms with Crippen molar-refractivity contribution in [2.75, 3.05) is 13.7 Å². The van der Waals surface area contributed by atoms with Gasteiger partial charge in [0.1, 0.15) is 0 Å². The maximum atomic E-state index is 5.15. The molecule has 0 atom stereocenters. The van der Waals surface area contributed by atoms with Gasteiger partial charge in [0, 0.05) is 22.8 Å². The molecule has 0 aliphatic carbocycles. The van der Waals surface area contributed by atoms with Crippen molar-refractivity contribution < 1.29 is 4.74 Å². The molecule has 0 bridgehead atoms. The number of methoxy groups -OCH3 is 1. The molecule has 2 aromatic heterocycles. The topological polar surface area (TPSA) is 21.3 Å². The zero-order valence-electron chi connectivity index (χ0n) is 9.23. The van der Waals surface area contributed by atoms with E-state index in [4.69, 9.17) is 4.74 Å². The lowest BCUT2D eigenvalue weighted by molar-refractivity contribution is 0.427. The smallest absolute Gasteiger partial charge is 0.173 e. The molecule has 0 amide bonds. The third-order valence-electron chi connectivity index (χ3n) is 2.27. The second kappa shape index (κ2) is 6.03. The van der Waals surface area contributed by atoms with Crippen LogP contribution in [-0.4, -0.2) is 13.7 Å². The predicted molar refractivity (Wildman–Crippen MR) is 70.6 cm³/mol. The van der Waals surface area contributed by atoms with Crippen molar-refractivity contribution in [2.45, 2.75) is 13.0 Å². The van der Waals surface area contributed by atoms with Crippen LogP contribution in [0.5, 0.6) is 5.06 Å². The van der Waals surface area contributed by atoms with Crippen molar-refractivity contribution >= 4 is 22.7 Å². The van der Waals surface area contributed by atoms with E-state index in [1.165, 1.54) is 9.75 Å². The van der Waals surface area contributed by atoms with Crippen LogP contribution in [0.1, 0.15) is 9.75 Å². The highest BCUT2D eigenvalue weighted by Gasteiger charge is 1.99. The van der Waals surface area contributed by atoms with E-state index < -0.39 is 0 Å². The van der Waals surface area contributed by atoms with E-state index in [1.807, 2.05) is 17.4 Å². The summed E-state index contributed by atoms with van der Waals surface area (Å²) in [4.78, 5) is 2.76. The minimum Gasteiger partial charge on any atom is -0.487 e. The van der Waals surface area contributed by atoms with Crippen molar-refractivity contribution in [3.05, 3.63) is 39.4 Å². The van der Waals surface area contributed by atoms with E-state index in [9.17, 15) is 0 Å². The minimum atomic E-state index is 0.930. The summed E-state index contributed by atoms with van der Waals surface area (Å²) in [6.07, 6.45) is 1.11. The van der Waals surface area contributed by atoms with E-state index in [-0.39, 0.29) is 0 Å². The molecule has 0 aromatic carbocycles. The van der Waals surface area contributed by atoms with Crippen LogP contribution in [-0.2, 0) is 13.0 Å². The molecule has 0 aliphatic heterocycles. The Morgan fingerprint density at radius 2 is 2.19 bits per heavy atom. The summed E-state index contributed by atoms with van der Waals surface area (Å²) in [7, 11) is 1.71. The Hall–Kier alpha value is -0.840. The number of hydrogen-bond acceptors (Lipinski definition) is 4. The Morgan fingerprint density at radius 1 is 1.25 bits per heavy atom. The molecule has 16 heavy (non-hydrogen) atoms. The van der Waals surface area contributed by atoms with Crippen molar-refractivity contribution in [3.63, 3.8) is 0 Å². The molecular formula is C12H15NOS2. The van der Waals surface area contributed by atoms with Gasteiger partial charge >= 0.3 is 0 Å². The molecular weight excluding hydrogens is 238 g/mol. The first-order chi connectivity index (χ1) is 7.88. The summed E-state index contributed by atoms with van der Waals surface area (Å²) in [5.41, 5.74) is 0. The Balaban J connectivity index is 1.68. The van der Waals surface area contributed by atoms with Gasteiger partial charge in [0.15, 0.2) is 5.06 Å². The van der Waals surface area contributed by atoms with Crippen LogP contribution in [0.15, 0.2) is 29.6 Å². The number of ether oxygens (including phenoxy) is 1. The zero-order valence-corrected chi connectivity index (χ0v) is 10.9. The first kappa shape index (κ1) is 11.6. The highest BCUT2D eigenvalue weighted by atomic mass is 32.1. The van der Waals surface area contributed by atoms with Gasteiger partial charge in [0.05, 0.1) is 7.11 Å². The first-order valence-electron chi connectivity index (χ1n) is 5.24. The SMILES string of the molecule is COc1ccc(CNCCc2cccs2)s1. The molecule has 0 radical (unpaired) electrons. The van der Waals surface area contributed by atoms with Crippen molar-refractivity contribution in [1.82, 2.24) is 5.32 Å². The summed E-state index contributed by atoms with van der Waals surface area (Å²) < 4.78 is 5.15. The summed E-state index contributed by atoms with van der Waals surface area (Å²) >= 11 is 3.52. The van der Waals surface area contributed by atoms with Crippen LogP contribution >= 0.6 is 22.7 Å². The van der Waals surface area contributed by atoms with Gasteiger partial charge < -0.3 is 10.1 Å². The Kier molecular flexibility index (Phi) is 4.39. The van der Waals surface area contributed by atoms with Gasteiger partial charge in [-0.1, -0.05) is 6.07 Å². The molecule has 2 rings (SSSR count). The van der Waals surface area contributed by atoms with Crippen LogP contribution < -0.4 is 10.1 Å². The first-order valence-corrected chi connectivity index (χ1v) is 6.94. The molecule has 2 nitrogen and oxygen atoms in total. The van der Waals surface area contributed by atoms with Crippen LogP contribution in [0.3, 0.4) is 0 Å². The lowest BCUT2D eigenvalue weighted by Crippen LogP contribution is -2.15. The van der Waals surface area contributed by atoms with Crippen molar-refractivity contribution in [2.24, 2.45) is 0 Å². The van der Waals surface area contributed by atoms with Gasteiger partial charge in [-0.15, -0.1) is 22.7 Å². The zero-order chi connectivity index (χ0) is 11.2. The monoisotopic (exact) mass is 253 g/mol. The highest BCUT2D eigenvalue weighted by Crippen LogP contribution is 2.23. The molecule has 2 heterocycles. The molecule has 0 spiro atoms. The van der Waals surface area contributed by atoms with Gasteiger partial charge in [-0.05, 0) is 30.0 Å². The van der Waals surface area contributed by atoms with Gasteiger partial charge in [-0.25, -0.2) is 0 Å². The van der Waals surface area contributed by atoms with Gasteiger partial charge in [0.2, 0.25) is 0 Å². The van der Waals surface area contributed by atoms with Gasteiger partial charge in [0.25, 0.3) is 0 Å². The van der Waals surface area contributed by atoms with E-state index >= 15 is 0 Å². The maximum Gasteiger partial charge on any atom is 0.173 e. The lowest BCUT2D eigenvalue weighted by Gasteiger charge is -2.01. The number of hydrogen-bond donors (Lipinski definition) is 1. The standard InChI is InChI=1S/C12H15NOS2/c1-14-12-5-4-11(16-12)9-13-7-6-10-3-2-8-15-10/h2-5,8,13H,6-7,9H2,1H3. The molecule has 0 unspecified atom stereocenters. The fourth-order valence-corrected chi connectivity index (χ4v) is 2.94. The lowest BCUT2D eigenvalue weighted by atomic mass is 10.3. The van der Waals surface area contributed by atoms with E-state index in [1.54, 1.807) is 18.4 Å². The van der Waals surface area contributed by atoms with Crippen LogP contribution in [0, 0.1) is 0 Å². The number of thiophene rings is 2. The fourth-order valence-electron chi connectivity index (χ4n) is 1.44. The molecule has 1 N–H and O–H groups in total. The molecule has 0 saturated heterocycles. The Labute approximate surface area is 104 Å². The summed E-state index contributed by atoms with van der Waals surface area (Å²) in [6.45, 7) is 1.96. The largest absolute Gasteiger partial charge is 0.487 e. The van der Waals surface area contributed by atoms with Gasteiger partial charge in [-0.2, -0.15) is 0 Å². The summed E-state index contributed by atoms with van der Waals surface area (Å²) in [6, 6.07) is 8.41. The van der Waals surface area contributed by atoms with Gasteiger partial charge in [-0.3, -0.25) is 0 Å². The molecule has 0 aliphatic rings. The molecule has 4 heteroatoms. The molecule has 0 fully saturated rings. The minimum absolute atomic E-state index is 0.930. The second-order valence-electron chi connectivity index (χ2n) is 3.43. The number of rotatable bonds is 6. The van der Waals surface area contributed by atoms with E-state index in [2.05, 4.69) is 28.9 Å². The summed E-state index contributed by atoms with van der Waals surface area (Å²) in [5, 5.41) is 6.54. The third-order valence-corrected chi connectivity index (χ3v) is 4.25. The summed E-state index contributed by atoms with van der Waals surface area (Å²) in [5.74, 6) is 0. The van der Waals surface area contributed by atoms with E-state index in [0.717, 1.165) is 24.6 Å². The van der Waals surface area contributed by atoms with Crippen molar-refractivity contribution in [3.8, 4) is 5.06 Å². The Bertz CT molecular complexity index is 408. The van der Waals surface area contributed by atoms with Crippen molar-refractivity contribution in [1.29, 1.82) is 0 Å². The quantitative estimate of drug-likeness (QED) is 0.799. The number of nitrogens with one attached hydrogen (secondary N) is 1. The fraction of sp³-hybridized carbons (Fsp3) is 0.333. The third kappa shape index (κ3) is 3.33. The maximum absolute atomic E-state index is 5.15. The second-order valence-corrected chi connectivity index (χ2v) is 5.59. The average molecular weight is 253 g/mol. The van der Waals surface area contributed by atoms with Crippen LogP contribution in [0.2, 0.25) is 0 Å². The van der Waals surface area contributed by atoms with Crippen LogP contribution in [0.4, 0.5) is 0 Å². The highest BCUT2D eigenvalue weighted by molar-refractivity contribution is 7.13. The normalized spacial score (nSPS) is 10.6. The molecule has 2 aromatic rings. The Morgan fingerprint density at radius 3 is 2.88 bits per heavy atom. The molecule has 0 saturated carbocycles.